The molecule has 1 unspecified atom stereocenters. The second kappa shape index (κ2) is 3.77. The molecule has 2 aliphatic rings. The van der Waals surface area contributed by atoms with E-state index in [0.717, 1.165) is 25.7 Å². The van der Waals surface area contributed by atoms with Crippen LogP contribution in [0, 0.1) is 22.7 Å². The molecule has 0 aromatic carbocycles. The molecular weight excluding hydrogens is 190 g/mol. The average Bonchev–Trinajstić information content (AvgIpc) is 2.68. The van der Waals surface area contributed by atoms with Crippen LogP contribution in [0.15, 0.2) is 0 Å². The minimum atomic E-state index is -0.887. The fourth-order valence-corrected chi connectivity index (χ4v) is 2.87. The van der Waals surface area contributed by atoms with Gasteiger partial charge >= 0.3 is 0 Å². The fraction of sp³-hybridized carbons (Fsp3) is 0.917. The smallest absolute Gasteiger partial charge is 0.109 e. The summed E-state index contributed by atoms with van der Waals surface area (Å²) in [5, 5.41) is 19.9. The molecule has 1 aliphatic heterocycles. The summed E-state index contributed by atoms with van der Waals surface area (Å²) in [6, 6.07) is 2.39. The number of nitrogens with zero attached hydrogens (tertiary/aromatic N) is 1. The van der Waals surface area contributed by atoms with Gasteiger partial charge in [0.05, 0.1) is 18.1 Å². The van der Waals surface area contributed by atoms with Crippen LogP contribution < -0.4 is 0 Å². The molecule has 1 aliphatic carbocycles. The van der Waals surface area contributed by atoms with E-state index < -0.39 is 11.0 Å². The summed E-state index contributed by atoms with van der Waals surface area (Å²) < 4.78 is 5.27. The summed E-state index contributed by atoms with van der Waals surface area (Å²) in [7, 11) is 0. The molecule has 0 spiro atoms. The van der Waals surface area contributed by atoms with Gasteiger partial charge in [0.25, 0.3) is 0 Å². The molecule has 1 N–H and O–H groups in total. The summed E-state index contributed by atoms with van der Waals surface area (Å²) >= 11 is 0. The molecule has 3 heteroatoms. The average molecular weight is 209 g/mol. The lowest BCUT2D eigenvalue weighted by molar-refractivity contribution is -0.0788. The zero-order valence-electron chi connectivity index (χ0n) is 9.33. The maximum absolute atomic E-state index is 10.5. The van der Waals surface area contributed by atoms with Crippen molar-refractivity contribution in [2.24, 2.45) is 11.3 Å². The van der Waals surface area contributed by atoms with Gasteiger partial charge < -0.3 is 9.84 Å². The van der Waals surface area contributed by atoms with Crippen LogP contribution in [-0.4, -0.2) is 23.9 Å². The van der Waals surface area contributed by atoms with Crippen molar-refractivity contribution in [1.29, 1.82) is 5.26 Å². The van der Waals surface area contributed by atoms with Gasteiger partial charge in [-0.2, -0.15) is 5.26 Å². The van der Waals surface area contributed by atoms with Gasteiger partial charge in [-0.25, -0.2) is 0 Å². The van der Waals surface area contributed by atoms with E-state index in [1.54, 1.807) is 0 Å². The maximum atomic E-state index is 10.5. The lowest BCUT2D eigenvalue weighted by Crippen LogP contribution is -2.50. The standard InChI is InChI=1S/C12H19NO2/c1-10-2-4-11(8-13,5-3-10)12(14)6-7-15-9-12/h10,14H,2-7,9H2,1H3. The SMILES string of the molecule is CC1CCC(C#N)(C2(O)CCOC2)CC1. The quantitative estimate of drug-likeness (QED) is 0.717. The summed E-state index contributed by atoms with van der Waals surface area (Å²) in [6.07, 6.45) is 4.37. The van der Waals surface area contributed by atoms with Gasteiger partial charge in [0.15, 0.2) is 0 Å². The number of nitriles is 1. The van der Waals surface area contributed by atoms with Crippen LogP contribution in [0.25, 0.3) is 0 Å². The van der Waals surface area contributed by atoms with Crippen LogP contribution in [0.5, 0.6) is 0 Å². The minimum absolute atomic E-state index is 0.342. The number of rotatable bonds is 1. The van der Waals surface area contributed by atoms with E-state index in [0.29, 0.717) is 25.6 Å². The van der Waals surface area contributed by atoms with Gasteiger partial charge in [0, 0.05) is 13.0 Å². The molecule has 3 nitrogen and oxygen atoms in total. The number of ether oxygens (including phenoxy) is 1. The first kappa shape index (κ1) is 10.9. The molecule has 15 heavy (non-hydrogen) atoms. The van der Waals surface area contributed by atoms with Crippen molar-refractivity contribution in [1.82, 2.24) is 0 Å². The Morgan fingerprint density at radius 2 is 2.00 bits per heavy atom. The van der Waals surface area contributed by atoms with Crippen molar-refractivity contribution in [3.63, 3.8) is 0 Å². The molecule has 0 aromatic rings. The zero-order valence-corrected chi connectivity index (χ0v) is 9.33. The molecule has 0 amide bonds. The monoisotopic (exact) mass is 209 g/mol. The molecule has 1 atom stereocenters. The van der Waals surface area contributed by atoms with Crippen molar-refractivity contribution < 1.29 is 9.84 Å². The maximum Gasteiger partial charge on any atom is 0.109 e. The highest BCUT2D eigenvalue weighted by molar-refractivity contribution is 5.14. The van der Waals surface area contributed by atoms with Gasteiger partial charge in [-0.1, -0.05) is 6.92 Å². The Morgan fingerprint density at radius 3 is 2.47 bits per heavy atom. The Bertz CT molecular complexity index is 268. The summed E-state index contributed by atoms with van der Waals surface area (Å²) in [6.45, 7) is 3.15. The largest absolute Gasteiger partial charge is 0.386 e. The lowest BCUT2D eigenvalue weighted by atomic mass is 9.62. The first-order chi connectivity index (χ1) is 7.12. The molecule has 2 rings (SSSR count). The van der Waals surface area contributed by atoms with Crippen LogP contribution in [-0.2, 0) is 4.74 Å². The van der Waals surface area contributed by atoms with E-state index in [1.807, 2.05) is 0 Å². The van der Waals surface area contributed by atoms with E-state index in [1.165, 1.54) is 0 Å². The van der Waals surface area contributed by atoms with Crippen molar-refractivity contribution in [2.45, 2.75) is 44.6 Å². The number of hydrogen-bond donors (Lipinski definition) is 1. The van der Waals surface area contributed by atoms with Crippen molar-refractivity contribution >= 4 is 0 Å². The van der Waals surface area contributed by atoms with Gasteiger partial charge in [0.1, 0.15) is 5.60 Å². The highest BCUT2D eigenvalue weighted by Gasteiger charge is 2.53. The Kier molecular flexibility index (Phi) is 2.74. The Hall–Kier alpha value is -0.590. The summed E-state index contributed by atoms with van der Waals surface area (Å²) in [5.41, 5.74) is -1.43. The fourth-order valence-electron chi connectivity index (χ4n) is 2.87. The highest BCUT2D eigenvalue weighted by Crippen LogP contribution is 2.49. The third kappa shape index (κ3) is 1.66. The van der Waals surface area contributed by atoms with E-state index in [4.69, 9.17) is 4.74 Å². The molecule has 1 saturated heterocycles. The Labute approximate surface area is 91.0 Å². The topological polar surface area (TPSA) is 53.2 Å². The molecule has 0 radical (unpaired) electrons. The van der Waals surface area contributed by atoms with Crippen molar-refractivity contribution in [3.05, 3.63) is 0 Å². The van der Waals surface area contributed by atoms with Crippen LogP contribution in [0.4, 0.5) is 0 Å². The van der Waals surface area contributed by atoms with Gasteiger partial charge in [-0.05, 0) is 31.6 Å². The molecule has 0 aromatic heterocycles. The minimum Gasteiger partial charge on any atom is -0.386 e. The predicted octanol–water partition coefficient (Wildman–Crippen LogP) is 1.86. The molecule has 1 heterocycles. The first-order valence-corrected chi connectivity index (χ1v) is 5.83. The second-order valence-corrected chi connectivity index (χ2v) is 5.21. The van der Waals surface area contributed by atoms with Crippen LogP contribution in [0.3, 0.4) is 0 Å². The van der Waals surface area contributed by atoms with Crippen molar-refractivity contribution in [3.8, 4) is 6.07 Å². The van der Waals surface area contributed by atoms with E-state index in [-0.39, 0.29) is 0 Å². The first-order valence-electron chi connectivity index (χ1n) is 5.83. The predicted molar refractivity (Wildman–Crippen MR) is 56.1 cm³/mol. The highest BCUT2D eigenvalue weighted by atomic mass is 16.5. The third-order valence-corrected chi connectivity index (χ3v) is 4.23. The Morgan fingerprint density at radius 1 is 1.33 bits per heavy atom. The van der Waals surface area contributed by atoms with Gasteiger partial charge in [-0.15, -0.1) is 0 Å². The van der Waals surface area contributed by atoms with E-state index in [2.05, 4.69) is 13.0 Å². The van der Waals surface area contributed by atoms with Gasteiger partial charge in [-0.3, -0.25) is 0 Å². The second-order valence-electron chi connectivity index (χ2n) is 5.21. The summed E-state index contributed by atoms with van der Waals surface area (Å²) in [5.74, 6) is 0.692. The molecular formula is C12H19NO2. The van der Waals surface area contributed by atoms with E-state index >= 15 is 0 Å². The van der Waals surface area contributed by atoms with Crippen molar-refractivity contribution in [2.75, 3.05) is 13.2 Å². The molecule has 84 valence electrons. The van der Waals surface area contributed by atoms with Crippen LogP contribution in [0.1, 0.15) is 39.0 Å². The zero-order chi connectivity index (χ0) is 10.9. The third-order valence-electron chi connectivity index (χ3n) is 4.23. The molecule has 2 fully saturated rings. The van der Waals surface area contributed by atoms with Crippen LogP contribution in [0.2, 0.25) is 0 Å². The number of aliphatic hydroxyl groups is 1. The molecule has 1 saturated carbocycles. The Balaban J connectivity index is 2.18. The van der Waals surface area contributed by atoms with E-state index in [9.17, 15) is 10.4 Å². The van der Waals surface area contributed by atoms with Gasteiger partial charge in [0.2, 0.25) is 0 Å². The van der Waals surface area contributed by atoms with Crippen LogP contribution >= 0.6 is 0 Å². The lowest BCUT2D eigenvalue weighted by Gasteiger charge is -2.43. The number of hydrogen-bond acceptors (Lipinski definition) is 3. The normalized spacial score (nSPS) is 46.3. The molecule has 0 bridgehead atoms. The summed E-state index contributed by atoms with van der Waals surface area (Å²) in [4.78, 5) is 0.